The van der Waals surface area contributed by atoms with E-state index in [2.05, 4.69) is 317 Å². The molecular weight excluding hydrogens is 991 g/mol. The molecule has 0 aromatic heterocycles. The van der Waals surface area contributed by atoms with E-state index in [0.717, 1.165) is 34.1 Å². The van der Waals surface area contributed by atoms with Crippen LogP contribution in [-0.4, -0.2) is 0 Å². The van der Waals surface area contributed by atoms with Crippen LogP contribution in [0.3, 0.4) is 0 Å². The molecule has 0 saturated carbocycles. The Hall–Kier alpha value is -9.70. The van der Waals surface area contributed by atoms with Gasteiger partial charge in [0.2, 0.25) is 0 Å². The minimum Gasteiger partial charge on any atom is -0.309 e. The fourth-order valence-corrected chi connectivity index (χ4v) is 14.6. The van der Waals surface area contributed by atoms with Crippen molar-refractivity contribution in [3.8, 4) is 22.3 Å². The van der Waals surface area contributed by atoms with Gasteiger partial charge in [-0.05, 0) is 150 Å². The van der Waals surface area contributed by atoms with E-state index < -0.39 is 0 Å². The van der Waals surface area contributed by atoms with Crippen LogP contribution in [0.25, 0.3) is 65.3 Å². The third-order valence-corrected chi connectivity index (χ3v) is 18.9. The summed E-state index contributed by atoms with van der Waals surface area (Å²) < 4.78 is 0. The smallest absolute Gasteiger partial charge is 0.0544 e. The molecule has 3 heteroatoms. The van der Waals surface area contributed by atoms with Gasteiger partial charge in [0.25, 0.3) is 0 Å². The lowest BCUT2D eigenvalue weighted by Gasteiger charge is -2.55. The Kier molecular flexibility index (Phi) is 10.4. The summed E-state index contributed by atoms with van der Waals surface area (Å²) in [5.41, 5.74) is 23.1. The van der Waals surface area contributed by atoms with Gasteiger partial charge in [-0.25, -0.2) is 0 Å². The number of para-hydroxylation sites is 1. The number of benzene rings is 13. The molecule has 3 heterocycles. The summed E-state index contributed by atoms with van der Waals surface area (Å²) in [6, 6.07) is 97.6. The zero-order chi connectivity index (χ0) is 55.2. The van der Waals surface area contributed by atoms with Crippen LogP contribution in [0.4, 0.5) is 51.2 Å². The van der Waals surface area contributed by atoms with Crippen molar-refractivity contribution in [2.45, 2.75) is 57.8 Å². The van der Waals surface area contributed by atoms with E-state index in [0.29, 0.717) is 0 Å². The van der Waals surface area contributed by atoms with Gasteiger partial charge in [-0.2, -0.15) is 0 Å². The quantitative estimate of drug-likeness (QED) is 0.150. The van der Waals surface area contributed by atoms with E-state index in [1.165, 1.54) is 116 Å². The molecular formula is C79H61N3. The lowest BCUT2D eigenvalue weighted by molar-refractivity contribution is 0.567. The van der Waals surface area contributed by atoms with Crippen molar-refractivity contribution in [1.29, 1.82) is 0 Å². The van der Waals surface area contributed by atoms with Gasteiger partial charge >= 0.3 is 0 Å². The molecule has 0 saturated heterocycles. The highest BCUT2D eigenvalue weighted by Crippen LogP contribution is 2.67. The van der Waals surface area contributed by atoms with Gasteiger partial charge in [-0.3, -0.25) is 0 Å². The lowest BCUT2D eigenvalue weighted by Crippen LogP contribution is -2.43. The fourth-order valence-electron chi connectivity index (χ4n) is 14.6. The van der Waals surface area contributed by atoms with Gasteiger partial charge in [0.15, 0.2) is 0 Å². The maximum absolute atomic E-state index is 2.69. The highest BCUT2D eigenvalue weighted by atomic mass is 15.2. The summed E-state index contributed by atoms with van der Waals surface area (Å²) in [5.74, 6) is 0. The molecule has 13 aromatic rings. The first-order valence-corrected chi connectivity index (χ1v) is 29.0. The molecule has 82 heavy (non-hydrogen) atoms. The van der Waals surface area contributed by atoms with Crippen molar-refractivity contribution in [3.05, 3.63) is 294 Å². The van der Waals surface area contributed by atoms with E-state index >= 15 is 0 Å². The van der Waals surface area contributed by atoms with E-state index in [4.69, 9.17) is 0 Å². The van der Waals surface area contributed by atoms with Crippen molar-refractivity contribution in [3.63, 3.8) is 0 Å². The summed E-state index contributed by atoms with van der Waals surface area (Å²) in [7, 11) is 0. The molecule has 16 rings (SSSR count). The molecule has 0 aliphatic carbocycles. The monoisotopic (exact) mass is 1050 g/mol. The summed E-state index contributed by atoms with van der Waals surface area (Å²) in [6.45, 7) is 14.8. The Morgan fingerprint density at radius 3 is 0.817 bits per heavy atom. The Bertz CT molecular complexity index is 4310. The minimum absolute atomic E-state index is 0.268. The van der Waals surface area contributed by atoms with Gasteiger partial charge in [0.05, 0.1) is 39.8 Å². The number of hydrogen-bond donors (Lipinski definition) is 0. The number of hydrogen-bond acceptors (Lipinski definition) is 3. The van der Waals surface area contributed by atoms with Crippen molar-refractivity contribution in [2.24, 2.45) is 0 Å². The Labute approximate surface area is 480 Å². The number of anilines is 9. The molecule has 0 N–H and O–H groups in total. The Balaban J connectivity index is 0.848. The predicted octanol–water partition coefficient (Wildman–Crippen LogP) is 22.0. The van der Waals surface area contributed by atoms with Crippen molar-refractivity contribution in [1.82, 2.24) is 0 Å². The first-order valence-electron chi connectivity index (χ1n) is 29.0. The van der Waals surface area contributed by atoms with Crippen LogP contribution < -0.4 is 14.7 Å². The normalized spacial score (nSPS) is 14.7. The van der Waals surface area contributed by atoms with E-state index in [9.17, 15) is 0 Å². The molecule has 3 aliphatic rings. The third kappa shape index (κ3) is 6.96. The van der Waals surface area contributed by atoms with Crippen molar-refractivity contribution >= 4 is 94.3 Å². The van der Waals surface area contributed by atoms with Crippen LogP contribution >= 0.6 is 0 Å². The summed E-state index contributed by atoms with van der Waals surface area (Å²) in [4.78, 5) is 7.60. The Morgan fingerprint density at radius 1 is 0.244 bits per heavy atom. The summed E-state index contributed by atoms with van der Waals surface area (Å²) in [5, 5.41) is 9.74. The van der Waals surface area contributed by atoms with Crippen LogP contribution in [0.5, 0.6) is 0 Å². The standard InChI is InChI=1S/C79H61N3/c1-77(2)64-32-19-33-65-74(64)82-75-66(77)46-56(50-38-42-58(43-39-50)80(70-34-15-24-52-20-7-11-28-60(52)70)71-35-16-25-53-21-8-12-29-61(53)71)48-68(75)79(5,6)69-49-57(47-67(76(69)82)78(65,3)4)51-40-44-59(45-41-51)81(72-36-17-26-54-22-9-13-30-62(54)72)73-37-18-27-55-23-10-14-31-63(55)73/h7-49H,1-6H3. The molecule has 0 fully saturated rings. The first kappa shape index (κ1) is 48.2. The largest absolute Gasteiger partial charge is 0.309 e. The zero-order valence-corrected chi connectivity index (χ0v) is 47.2. The van der Waals surface area contributed by atoms with E-state index in [-0.39, 0.29) is 16.2 Å². The molecule has 392 valence electrons. The molecule has 0 amide bonds. The topological polar surface area (TPSA) is 9.72 Å². The SMILES string of the molecule is CC1(C)c2cccc3c2N2c4c1cc(-c1ccc(N(c5cccc6ccccc56)c5cccc6ccccc56)cc1)cc4C(C)(C)c1cc(-c4ccc(N(c5cccc6ccccc56)c5cccc6ccccc56)cc4)cc(c12)C3(C)C. The molecule has 0 atom stereocenters. The zero-order valence-electron chi connectivity index (χ0n) is 47.2. The average Bonchev–Trinajstić information content (AvgIpc) is 0.884. The number of rotatable bonds is 8. The fraction of sp³-hybridized carbons (Fsp3) is 0.114. The van der Waals surface area contributed by atoms with Gasteiger partial charge in [-0.1, -0.05) is 230 Å². The molecule has 3 aliphatic heterocycles. The van der Waals surface area contributed by atoms with Crippen LogP contribution in [0, 0.1) is 0 Å². The van der Waals surface area contributed by atoms with Crippen LogP contribution in [0.2, 0.25) is 0 Å². The summed E-state index contributed by atoms with van der Waals surface area (Å²) >= 11 is 0. The highest BCUT2D eigenvalue weighted by molar-refractivity contribution is 6.07. The number of fused-ring (bicyclic) bond motifs is 4. The molecule has 0 bridgehead atoms. The van der Waals surface area contributed by atoms with Gasteiger partial charge in [-0.15, -0.1) is 0 Å². The molecule has 3 nitrogen and oxygen atoms in total. The van der Waals surface area contributed by atoms with Gasteiger partial charge in [0, 0.05) is 49.2 Å². The van der Waals surface area contributed by atoms with Gasteiger partial charge < -0.3 is 14.7 Å². The second-order valence-electron chi connectivity index (χ2n) is 24.5. The first-order chi connectivity index (χ1) is 39.9. The number of nitrogens with zero attached hydrogens (tertiary/aromatic N) is 3. The van der Waals surface area contributed by atoms with Crippen LogP contribution in [0.15, 0.2) is 261 Å². The van der Waals surface area contributed by atoms with Gasteiger partial charge in [0.1, 0.15) is 0 Å². The second-order valence-corrected chi connectivity index (χ2v) is 24.5. The van der Waals surface area contributed by atoms with Crippen LogP contribution in [-0.2, 0) is 16.2 Å². The molecule has 0 spiro atoms. The maximum Gasteiger partial charge on any atom is 0.0544 e. The average molecular weight is 1050 g/mol. The molecule has 0 radical (unpaired) electrons. The van der Waals surface area contributed by atoms with Crippen LogP contribution in [0.1, 0.15) is 74.9 Å². The second kappa shape index (κ2) is 17.6. The highest BCUT2D eigenvalue weighted by Gasteiger charge is 2.52. The summed E-state index contributed by atoms with van der Waals surface area (Å²) in [6.07, 6.45) is 0. The maximum atomic E-state index is 2.69. The predicted molar refractivity (Wildman–Crippen MR) is 348 cm³/mol. The van der Waals surface area contributed by atoms with Crippen molar-refractivity contribution in [2.75, 3.05) is 14.7 Å². The Morgan fingerprint density at radius 2 is 0.500 bits per heavy atom. The lowest BCUT2D eigenvalue weighted by atomic mass is 9.60. The van der Waals surface area contributed by atoms with E-state index in [1.807, 2.05) is 0 Å². The molecule has 0 unspecified atom stereocenters. The van der Waals surface area contributed by atoms with Crippen molar-refractivity contribution < 1.29 is 0 Å². The minimum atomic E-state index is -0.356. The van der Waals surface area contributed by atoms with E-state index in [1.54, 1.807) is 0 Å². The third-order valence-electron chi connectivity index (χ3n) is 18.9. The molecule has 13 aromatic carbocycles.